The topological polar surface area (TPSA) is 72.8 Å². The number of aliphatic carboxylic acids is 1. The van der Waals surface area contributed by atoms with Crippen LogP contribution in [0.1, 0.15) is 0 Å². The average molecular weight is 198 g/mol. The third-order valence-electron chi connectivity index (χ3n) is 2.04. The van der Waals surface area contributed by atoms with Gasteiger partial charge in [-0.2, -0.15) is 0 Å². The molecule has 1 aliphatic rings. The molecule has 0 aliphatic carbocycles. The third kappa shape index (κ3) is 2.58. The van der Waals surface area contributed by atoms with E-state index in [1.54, 1.807) is 12.3 Å². The van der Waals surface area contributed by atoms with Crippen molar-refractivity contribution in [1.82, 2.24) is 10.2 Å². The van der Waals surface area contributed by atoms with Gasteiger partial charge in [0, 0.05) is 6.54 Å². The van der Waals surface area contributed by atoms with Gasteiger partial charge in [0.05, 0.1) is 18.3 Å². The lowest BCUT2D eigenvalue weighted by molar-refractivity contribution is -0.132. The van der Waals surface area contributed by atoms with Crippen molar-refractivity contribution in [3.05, 3.63) is 23.9 Å². The van der Waals surface area contributed by atoms with Crippen molar-refractivity contribution >= 4 is 5.97 Å². The average Bonchev–Trinajstić information content (AvgIpc) is 2.18. The molecule has 1 rings (SSSR count). The van der Waals surface area contributed by atoms with Crippen LogP contribution in [0.3, 0.4) is 0 Å². The molecule has 3 N–H and O–H groups in total. The number of likely N-dealkylation sites (N-methyl/N-ethyl adjacent to an activating group) is 1. The number of dihydropyridines is 1. The van der Waals surface area contributed by atoms with Crippen LogP contribution >= 0.6 is 0 Å². The first kappa shape index (κ1) is 10.7. The van der Waals surface area contributed by atoms with Crippen LogP contribution in [0.15, 0.2) is 23.9 Å². The number of hydrogen-bond donors (Lipinski definition) is 3. The summed E-state index contributed by atoms with van der Waals surface area (Å²) in [4.78, 5) is 12.5. The van der Waals surface area contributed by atoms with Crippen LogP contribution in [0.2, 0.25) is 0 Å². The standard InChI is InChI=1S/C9H14N2O3/c1-11(4-5-12)8-6-7(9(13)14)2-3-10-8/h2-3,6,8,10,12H,4-5H2,1H3,(H,13,14). The van der Waals surface area contributed by atoms with E-state index in [9.17, 15) is 4.79 Å². The molecule has 0 amide bonds. The molecule has 1 aliphatic heterocycles. The van der Waals surface area contributed by atoms with Crippen molar-refractivity contribution in [1.29, 1.82) is 0 Å². The van der Waals surface area contributed by atoms with Crippen LogP contribution in [0, 0.1) is 0 Å². The molecular formula is C9H14N2O3. The lowest BCUT2D eigenvalue weighted by Crippen LogP contribution is -2.42. The number of carboxylic acids is 1. The van der Waals surface area contributed by atoms with Gasteiger partial charge >= 0.3 is 5.97 Å². The van der Waals surface area contributed by atoms with E-state index in [0.717, 1.165) is 0 Å². The van der Waals surface area contributed by atoms with Crippen molar-refractivity contribution in [2.24, 2.45) is 0 Å². The molecule has 5 nitrogen and oxygen atoms in total. The monoisotopic (exact) mass is 198 g/mol. The summed E-state index contributed by atoms with van der Waals surface area (Å²) in [6.45, 7) is 0.545. The maximum Gasteiger partial charge on any atom is 0.335 e. The quantitative estimate of drug-likeness (QED) is 0.560. The summed E-state index contributed by atoms with van der Waals surface area (Å²) in [6.07, 6.45) is 4.55. The molecular weight excluding hydrogens is 184 g/mol. The molecule has 78 valence electrons. The zero-order valence-electron chi connectivity index (χ0n) is 7.97. The van der Waals surface area contributed by atoms with E-state index in [1.165, 1.54) is 6.08 Å². The van der Waals surface area contributed by atoms with Crippen LogP contribution in [-0.4, -0.2) is 47.4 Å². The number of hydrogen-bond acceptors (Lipinski definition) is 4. The summed E-state index contributed by atoms with van der Waals surface area (Å²) in [5.74, 6) is -0.940. The highest BCUT2D eigenvalue weighted by Crippen LogP contribution is 2.07. The smallest absolute Gasteiger partial charge is 0.335 e. The van der Waals surface area contributed by atoms with E-state index in [4.69, 9.17) is 10.2 Å². The molecule has 0 fully saturated rings. The normalized spacial score (nSPS) is 20.5. The van der Waals surface area contributed by atoms with Crippen LogP contribution in [-0.2, 0) is 4.79 Å². The van der Waals surface area contributed by atoms with Gasteiger partial charge in [0.15, 0.2) is 0 Å². The molecule has 0 aromatic carbocycles. The van der Waals surface area contributed by atoms with Gasteiger partial charge < -0.3 is 15.5 Å². The minimum Gasteiger partial charge on any atom is -0.478 e. The second-order valence-electron chi connectivity index (χ2n) is 3.08. The highest BCUT2D eigenvalue weighted by Gasteiger charge is 2.16. The highest BCUT2D eigenvalue weighted by molar-refractivity contribution is 5.90. The number of rotatable bonds is 4. The Hall–Kier alpha value is -1.33. The number of nitrogens with one attached hydrogen (secondary N) is 1. The van der Waals surface area contributed by atoms with Crippen molar-refractivity contribution in [2.75, 3.05) is 20.2 Å². The van der Waals surface area contributed by atoms with E-state index >= 15 is 0 Å². The van der Waals surface area contributed by atoms with Gasteiger partial charge in [0.25, 0.3) is 0 Å². The molecule has 0 radical (unpaired) electrons. The summed E-state index contributed by atoms with van der Waals surface area (Å²) in [5, 5.41) is 20.5. The Morgan fingerprint density at radius 2 is 2.43 bits per heavy atom. The van der Waals surface area contributed by atoms with Gasteiger partial charge in [-0.3, -0.25) is 4.90 Å². The maximum absolute atomic E-state index is 10.7. The van der Waals surface area contributed by atoms with Crippen molar-refractivity contribution in [3.63, 3.8) is 0 Å². The minimum absolute atomic E-state index is 0.0502. The molecule has 0 spiro atoms. The Morgan fingerprint density at radius 1 is 1.71 bits per heavy atom. The number of nitrogens with zero attached hydrogens (tertiary/aromatic N) is 1. The summed E-state index contributed by atoms with van der Waals surface area (Å²) in [7, 11) is 1.81. The van der Waals surface area contributed by atoms with E-state index in [-0.39, 0.29) is 18.3 Å². The Balaban J connectivity index is 2.65. The van der Waals surface area contributed by atoms with E-state index in [0.29, 0.717) is 6.54 Å². The second-order valence-corrected chi connectivity index (χ2v) is 3.08. The fourth-order valence-corrected chi connectivity index (χ4v) is 1.20. The van der Waals surface area contributed by atoms with Crippen molar-refractivity contribution in [3.8, 4) is 0 Å². The SMILES string of the molecule is CN(CCO)C1C=C(C(=O)O)C=CN1. The first-order chi connectivity index (χ1) is 6.65. The minimum atomic E-state index is -0.940. The van der Waals surface area contributed by atoms with Gasteiger partial charge in [-0.05, 0) is 25.4 Å². The van der Waals surface area contributed by atoms with E-state index < -0.39 is 5.97 Å². The van der Waals surface area contributed by atoms with Gasteiger partial charge in [0.2, 0.25) is 0 Å². The molecule has 1 atom stereocenters. The maximum atomic E-state index is 10.7. The van der Waals surface area contributed by atoms with E-state index in [2.05, 4.69) is 5.32 Å². The number of carboxylic acid groups (broad SMARTS) is 1. The van der Waals surface area contributed by atoms with Crippen LogP contribution in [0.5, 0.6) is 0 Å². The third-order valence-corrected chi connectivity index (χ3v) is 2.04. The van der Waals surface area contributed by atoms with Crippen LogP contribution < -0.4 is 5.32 Å². The molecule has 0 aromatic rings. The Labute approximate surface area is 82.3 Å². The summed E-state index contributed by atoms with van der Waals surface area (Å²) >= 11 is 0. The Kier molecular flexibility index (Phi) is 3.67. The Morgan fingerprint density at radius 3 is 3.00 bits per heavy atom. The summed E-state index contributed by atoms with van der Waals surface area (Å²) < 4.78 is 0. The van der Waals surface area contributed by atoms with E-state index in [1.807, 2.05) is 11.9 Å². The molecule has 5 heteroatoms. The predicted molar refractivity (Wildman–Crippen MR) is 51.5 cm³/mol. The highest BCUT2D eigenvalue weighted by atomic mass is 16.4. The predicted octanol–water partition coefficient (Wildman–Crippen LogP) is -0.636. The number of aliphatic hydroxyl groups is 1. The summed E-state index contributed by atoms with van der Waals surface area (Å²) in [5.41, 5.74) is 0.263. The largest absolute Gasteiger partial charge is 0.478 e. The molecule has 0 aromatic heterocycles. The molecule has 0 saturated heterocycles. The van der Waals surface area contributed by atoms with Crippen molar-refractivity contribution in [2.45, 2.75) is 6.17 Å². The zero-order valence-corrected chi connectivity index (χ0v) is 7.97. The molecule has 0 bridgehead atoms. The number of aliphatic hydroxyl groups excluding tert-OH is 1. The zero-order chi connectivity index (χ0) is 10.6. The van der Waals surface area contributed by atoms with Gasteiger partial charge in [-0.25, -0.2) is 4.79 Å². The van der Waals surface area contributed by atoms with Crippen molar-refractivity contribution < 1.29 is 15.0 Å². The summed E-state index contributed by atoms with van der Waals surface area (Å²) in [6, 6.07) is 0. The fraction of sp³-hybridized carbons (Fsp3) is 0.444. The van der Waals surface area contributed by atoms with Gasteiger partial charge in [-0.1, -0.05) is 0 Å². The first-order valence-electron chi connectivity index (χ1n) is 4.34. The molecule has 1 unspecified atom stereocenters. The van der Waals surface area contributed by atoms with Crippen LogP contribution in [0.4, 0.5) is 0 Å². The number of carbonyl (C=O) groups is 1. The molecule has 0 saturated carbocycles. The first-order valence-corrected chi connectivity index (χ1v) is 4.34. The fourth-order valence-electron chi connectivity index (χ4n) is 1.20. The molecule has 14 heavy (non-hydrogen) atoms. The Bertz CT molecular complexity index is 273. The molecule has 1 heterocycles. The van der Waals surface area contributed by atoms with Gasteiger partial charge in [0.1, 0.15) is 0 Å². The van der Waals surface area contributed by atoms with Gasteiger partial charge in [-0.15, -0.1) is 0 Å². The second kappa shape index (κ2) is 4.78. The lowest BCUT2D eigenvalue weighted by atomic mass is 10.1. The lowest BCUT2D eigenvalue weighted by Gasteiger charge is -2.27. The van der Waals surface area contributed by atoms with Crippen LogP contribution in [0.25, 0.3) is 0 Å².